The number of ether oxygens (including phenoxy) is 1. The van der Waals surface area contributed by atoms with E-state index in [9.17, 15) is 10.2 Å². The van der Waals surface area contributed by atoms with E-state index in [1.807, 2.05) is 0 Å². The van der Waals surface area contributed by atoms with Crippen LogP contribution in [-0.4, -0.2) is 67.5 Å². The first kappa shape index (κ1) is 13.2. The van der Waals surface area contributed by atoms with Crippen LogP contribution in [0, 0.1) is 0 Å². The largest absolute Gasteiger partial charge is 0.394 e. The summed E-state index contributed by atoms with van der Waals surface area (Å²) in [5.74, 6) is 0.546. The Balaban J connectivity index is 2.03. The number of aliphatic hydroxyl groups excluding tert-OH is 3. The average Bonchev–Trinajstić information content (AvgIpc) is 3.01. The number of hydrogen-bond acceptors (Lipinski definition) is 8. The van der Waals surface area contributed by atoms with Gasteiger partial charge in [0.05, 0.1) is 12.3 Å². The zero-order valence-electron chi connectivity index (χ0n) is 10.7. The molecule has 9 heteroatoms. The minimum atomic E-state index is -1.16. The third kappa shape index (κ3) is 1.83. The lowest BCUT2D eigenvalue weighted by molar-refractivity contribution is -0.0236. The smallest absolute Gasteiger partial charge is 0.157 e. The molecule has 0 aliphatic carbocycles. The van der Waals surface area contributed by atoms with Crippen molar-refractivity contribution in [1.82, 2.24) is 20.2 Å². The predicted molar refractivity (Wildman–Crippen MR) is 67.9 cm³/mol. The molecule has 5 N–H and O–H groups in total. The number of anilines is 1. The minimum Gasteiger partial charge on any atom is -0.394 e. The van der Waals surface area contributed by atoms with Gasteiger partial charge in [0.2, 0.25) is 0 Å². The van der Waals surface area contributed by atoms with E-state index in [0.29, 0.717) is 22.5 Å². The van der Waals surface area contributed by atoms with Gasteiger partial charge in [-0.25, -0.2) is 9.97 Å². The van der Waals surface area contributed by atoms with E-state index < -0.39 is 24.4 Å². The Morgan fingerprint density at radius 2 is 2.10 bits per heavy atom. The van der Waals surface area contributed by atoms with E-state index in [2.05, 4.69) is 25.5 Å². The zero-order valence-corrected chi connectivity index (χ0v) is 10.7. The first-order chi connectivity index (χ1) is 9.67. The summed E-state index contributed by atoms with van der Waals surface area (Å²) in [7, 11) is 1.71. The summed E-state index contributed by atoms with van der Waals surface area (Å²) >= 11 is 0. The molecule has 0 amide bonds. The quantitative estimate of drug-likeness (QED) is 0.461. The third-order valence-corrected chi connectivity index (χ3v) is 3.43. The number of fused-ring (bicyclic) bond motifs is 1. The summed E-state index contributed by atoms with van der Waals surface area (Å²) in [6.45, 7) is -0.377. The maximum atomic E-state index is 10.0. The molecule has 0 saturated carbocycles. The molecule has 0 radical (unpaired) electrons. The van der Waals surface area contributed by atoms with Crippen molar-refractivity contribution in [3.8, 4) is 0 Å². The number of rotatable bonds is 3. The molecular weight excluding hydrogens is 266 g/mol. The number of aromatic amines is 1. The van der Waals surface area contributed by atoms with Gasteiger partial charge in [0, 0.05) is 7.05 Å². The van der Waals surface area contributed by atoms with Crippen LogP contribution in [0.1, 0.15) is 11.8 Å². The maximum Gasteiger partial charge on any atom is 0.157 e. The normalized spacial score (nSPS) is 30.0. The molecule has 2 aromatic rings. The van der Waals surface area contributed by atoms with Gasteiger partial charge in [-0.2, -0.15) is 5.10 Å². The fourth-order valence-electron chi connectivity index (χ4n) is 2.37. The lowest BCUT2D eigenvalue weighted by Crippen LogP contribution is -2.32. The van der Waals surface area contributed by atoms with Crippen molar-refractivity contribution in [3.05, 3.63) is 12.0 Å². The Hall–Kier alpha value is -1.81. The van der Waals surface area contributed by atoms with Crippen LogP contribution in [0.2, 0.25) is 0 Å². The summed E-state index contributed by atoms with van der Waals surface area (Å²) in [4.78, 5) is 8.16. The molecular formula is C11H15N5O4. The summed E-state index contributed by atoms with van der Waals surface area (Å²) in [5, 5.41) is 38.7. The minimum absolute atomic E-state index is 0.377. The molecule has 108 valence electrons. The number of H-pyrrole nitrogens is 1. The van der Waals surface area contributed by atoms with Gasteiger partial charge in [-0.15, -0.1) is 0 Å². The molecule has 1 saturated heterocycles. The average molecular weight is 281 g/mol. The molecule has 0 bridgehead atoms. The summed E-state index contributed by atoms with van der Waals surface area (Å²) in [5.41, 5.74) is 1.46. The summed E-state index contributed by atoms with van der Waals surface area (Å²) < 4.78 is 5.46. The van der Waals surface area contributed by atoms with E-state index in [0.717, 1.165) is 0 Å². The molecule has 0 spiro atoms. The molecule has 4 atom stereocenters. The highest BCUT2D eigenvalue weighted by Gasteiger charge is 2.44. The Labute approximate surface area is 113 Å². The van der Waals surface area contributed by atoms with Crippen LogP contribution < -0.4 is 5.32 Å². The third-order valence-electron chi connectivity index (χ3n) is 3.43. The van der Waals surface area contributed by atoms with Crippen molar-refractivity contribution >= 4 is 16.9 Å². The molecule has 3 rings (SSSR count). The van der Waals surface area contributed by atoms with E-state index >= 15 is 0 Å². The fourth-order valence-corrected chi connectivity index (χ4v) is 2.37. The Morgan fingerprint density at radius 1 is 1.30 bits per heavy atom. The van der Waals surface area contributed by atoms with Crippen molar-refractivity contribution in [2.24, 2.45) is 0 Å². The molecule has 1 aliphatic rings. The molecule has 1 fully saturated rings. The van der Waals surface area contributed by atoms with Crippen LogP contribution in [0.25, 0.3) is 11.0 Å². The Bertz CT molecular complexity index is 618. The number of nitrogens with zero attached hydrogens (tertiary/aromatic N) is 3. The van der Waals surface area contributed by atoms with Gasteiger partial charge in [0.25, 0.3) is 0 Å². The molecule has 0 aromatic carbocycles. The molecule has 0 unspecified atom stereocenters. The second kappa shape index (κ2) is 4.94. The van der Waals surface area contributed by atoms with Crippen molar-refractivity contribution in [2.45, 2.75) is 24.4 Å². The second-order valence-corrected chi connectivity index (χ2v) is 4.57. The molecule has 20 heavy (non-hydrogen) atoms. The summed E-state index contributed by atoms with van der Waals surface area (Å²) in [6.07, 6.45) is -2.61. The van der Waals surface area contributed by atoms with Crippen LogP contribution in [0.3, 0.4) is 0 Å². The van der Waals surface area contributed by atoms with Crippen LogP contribution in [0.15, 0.2) is 6.33 Å². The first-order valence-corrected chi connectivity index (χ1v) is 6.16. The highest BCUT2D eigenvalue weighted by atomic mass is 16.6. The van der Waals surface area contributed by atoms with Gasteiger partial charge < -0.3 is 25.4 Å². The van der Waals surface area contributed by atoms with Crippen molar-refractivity contribution in [1.29, 1.82) is 0 Å². The van der Waals surface area contributed by atoms with E-state index in [1.54, 1.807) is 7.05 Å². The monoisotopic (exact) mass is 281 g/mol. The van der Waals surface area contributed by atoms with Crippen molar-refractivity contribution in [3.63, 3.8) is 0 Å². The van der Waals surface area contributed by atoms with Gasteiger partial charge >= 0.3 is 0 Å². The first-order valence-electron chi connectivity index (χ1n) is 6.16. The number of aliphatic hydroxyl groups is 3. The molecule has 3 heterocycles. The summed E-state index contributed by atoms with van der Waals surface area (Å²) in [6, 6.07) is 0. The van der Waals surface area contributed by atoms with Crippen molar-refractivity contribution < 1.29 is 20.1 Å². The predicted octanol–water partition coefficient (Wildman–Crippen LogP) is -1.45. The van der Waals surface area contributed by atoms with Crippen molar-refractivity contribution in [2.75, 3.05) is 19.0 Å². The highest BCUT2D eigenvalue weighted by molar-refractivity contribution is 5.86. The second-order valence-electron chi connectivity index (χ2n) is 4.57. The molecule has 1 aliphatic heterocycles. The molecule has 9 nitrogen and oxygen atoms in total. The Kier molecular flexibility index (Phi) is 3.26. The SMILES string of the molecule is CNc1ncnc2c([C@@H]3O[C@H](CO)[C@@H](O)[C@H]3O)[nH]nc12. The number of hydrogen-bond donors (Lipinski definition) is 5. The lowest BCUT2D eigenvalue weighted by atomic mass is 10.1. The van der Waals surface area contributed by atoms with Gasteiger partial charge in [0.15, 0.2) is 11.3 Å². The maximum absolute atomic E-state index is 10.0. The standard InChI is InChI=1S/C11H15N5O4/c1-12-11-7-5(13-3-14-11)6(15-16-7)10-9(19)8(18)4(2-17)20-10/h3-4,8-10,17-19H,2H2,1H3,(H,15,16)(H,12,13,14)/t4-,8-,9-,10+/m1/s1. The van der Waals surface area contributed by atoms with E-state index in [4.69, 9.17) is 9.84 Å². The van der Waals surface area contributed by atoms with Crippen LogP contribution in [-0.2, 0) is 4.74 Å². The number of nitrogens with one attached hydrogen (secondary N) is 2. The van der Waals surface area contributed by atoms with Gasteiger partial charge in [0.1, 0.15) is 36.3 Å². The topological polar surface area (TPSA) is 136 Å². The van der Waals surface area contributed by atoms with Gasteiger partial charge in [-0.05, 0) is 0 Å². The lowest BCUT2D eigenvalue weighted by Gasteiger charge is -2.12. The van der Waals surface area contributed by atoms with E-state index in [1.165, 1.54) is 6.33 Å². The zero-order chi connectivity index (χ0) is 14.3. The fraction of sp³-hybridized carbons (Fsp3) is 0.545. The van der Waals surface area contributed by atoms with E-state index in [-0.39, 0.29) is 6.61 Å². The highest BCUT2D eigenvalue weighted by Crippen LogP contribution is 2.35. The Morgan fingerprint density at radius 3 is 2.75 bits per heavy atom. The number of aromatic nitrogens is 4. The van der Waals surface area contributed by atoms with Crippen LogP contribution in [0.5, 0.6) is 0 Å². The van der Waals surface area contributed by atoms with Crippen LogP contribution in [0.4, 0.5) is 5.82 Å². The van der Waals surface area contributed by atoms with Gasteiger partial charge in [-0.3, -0.25) is 5.10 Å². The van der Waals surface area contributed by atoms with Crippen LogP contribution >= 0.6 is 0 Å². The molecule has 2 aromatic heterocycles. The van der Waals surface area contributed by atoms with Gasteiger partial charge in [-0.1, -0.05) is 0 Å².